The lowest BCUT2D eigenvalue weighted by atomic mass is 10.1. The molecule has 0 aromatic carbocycles. The second-order valence-electron chi connectivity index (χ2n) is 4.44. The molecule has 1 aromatic rings. The van der Waals surface area contributed by atoms with E-state index in [1.54, 1.807) is 0 Å². The molecular formula is C11H17N3O3S. The van der Waals surface area contributed by atoms with Crippen LogP contribution in [0.25, 0.3) is 0 Å². The predicted molar refractivity (Wildman–Crippen MR) is 67.4 cm³/mol. The standard InChI is InChI=1S/C11H17N3O3S/c1-8-6-9(4-5-17-8)14-18(15,16)10-2-3-11(12)13-7-10/h2-3,7-9,14H,4-6H2,1H3,(H2,12,13). The smallest absolute Gasteiger partial charge is 0.242 e. The van der Waals surface area contributed by atoms with E-state index >= 15 is 0 Å². The van der Waals surface area contributed by atoms with E-state index < -0.39 is 10.0 Å². The molecule has 1 saturated heterocycles. The van der Waals surface area contributed by atoms with Crippen molar-refractivity contribution < 1.29 is 13.2 Å². The van der Waals surface area contributed by atoms with Crippen molar-refractivity contribution in [3.05, 3.63) is 18.3 Å². The van der Waals surface area contributed by atoms with Crippen LogP contribution in [0.3, 0.4) is 0 Å². The van der Waals surface area contributed by atoms with Gasteiger partial charge in [0.25, 0.3) is 0 Å². The molecule has 0 aliphatic carbocycles. The topological polar surface area (TPSA) is 94.3 Å². The molecule has 7 heteroatoms. The van der Waals surface area contributed by atoms with Crippen molar-refractivity contribution in [2.45, 2.75) is 36.8 Å². The molecule has 0 radical (unpaired) electrons. The highest BCUT2D eigenvalue weighted by atomic mass is 32.2. The van der Waals surface area contributed by atoms with Crippen LogP contribution in [0, 0.1) is 0 Å². The average molecular weight is 271 g/mol. The third kappa shape index (κ3) is 3.18. The minimum absolute atomic E-state index is 0.0796. The highest BCUT2D eigenvalue weighted by Gasteiger charge is 2.25. The lowest BCUT2D eigenvalue weighted by molar-refractivity contribution is 0.0173. The van der Waals surface area contributed by atoms with E-state index in [1.165, 1.54) is 18.3 Å². The zero-order chi connectivity index (χ0) is 13.2. The number of ether oxygens (including phenoxy) is 1. The Hall–Kier alpha value is -1.18. The van der Waals surface area contributed by atoms with Crippen molar-refractivity contribution in [1.82, 2.24) is 9.71 Å². The van der Waals surface area contributed by atoms with E-state index in [9.17, 15) is 8.42 Å². The van der Waals surface area contributed by atoms with Crippen LogP contribution in [-0.4, -0.2) is 32.2 Å². The molecule has 6 nitrogen and oxygen atoms in total. The highest BCUT2D eigenvalue weighted by molar-refractivity contribution is 7.89. The molecule has 0 saturated carbocycles. The molecule has 18 heavy (non-hydrogen) atoms. The van der Waals surface area contributed by atoms with Crippen molar-refractivity contribution >= 4 is 15.8 Å². The number of nitrogens with zero attached hydrogens (tertiary/aromatic N) is 1. The summed E-state index contributed by atoms with van der Waals surface area (Å²) in [6.45, 7) is 2.51. The Morgan fingerprint density at radius 2 is 2.28 bits per heavy atom. The predicted octanol–water partition coefficient (Wildman–Crippen LogP) is 0.510. The van der Waals surface area contributed by atoms with Gasteiger partial charge in [0.05, 0.1) is 6.10 Å². The number of anilines is 1. The number of hydrogen-bond acceptors (Lipinski definition) is 5. The van der Waals surface area contributed by atoms with E-state index in [2.05, 4.69) is 9.71 Å². The Bertz CT molecular complexity index is 501. The fourth-order valence-electron chi connectivity index (χ4n) is 1.94. The van der Waals surface area contributed by atoms with Gasteiger partial charge in [0, 0.05) is 18.8 Å². The third-order valence-corrected chi connectivity index (χ3v) is 4.38. The summed E-state index contributed by atoms with van der Waals surface area (Å²) in [5, 5.41) is 0. The van der Waals surface area contributed by atoms with Crippen LogP contribution in [0.2, 0.25) is 0 Å². The maximum atomic E-state index is 12.1. The fraction of sp³-hybridized carbons (Fsp3) is 0.545. The van der Waals surface area contributed by atoms with E-state index in [0.29, 0.717) is 25.3 Å². The Morgan fingerprint density at radius 1 is 1.50 bits per heavy atom. The molecule has 1 fully saturated rings. The van der Waals surface area contributed by atoms with Gasteiger partial charge in [-0.1, -0.05) is 0 Å². The van der Waals surface area contributed by atoms with Crippen molar-refractivity contribution in [1.29, 1.82) is 0 Å². The van der Waals surface area contributed by atoms with Gasteiger partial charge in [0.1, 0.15) is 10.7 Å². The summed E-state index contributed by atoms with van der Waals surface area (Å²) in [6, 6.07) is 2.84. The minimum Gasteiger partial charge on any atom is -0.384 e. The van der Waals surface area contributed by atoms with Crippen LogP contribution in [0.15, 0.2) is 23.2 Å². The van der Waals surface area contributed by atoms with Crippen molar-refractivity contribution in [3.63, 3.8) is 0 Å². The normalized spacial score (nSPS) is 24.9. The molecule has 2 heterocycles. The summed E-state index contributed by atoms with van der Waals surface area (Å²) in [6.07, 6.45) is 2.71. The third-order valence-electron chi connectivity index (χ3n) is 2.88. The second kappa shape index (κ2) is 5.21. The summed E-state index contributed by atoms with van der Waals surface area (Å²) < 4.78 is 32.2. The molecular weight excluding hydrogens is 254 g/mol. The number of hydrogen-bond donors (Lipinski definition) is 2. The molecule has 0 bridgehead atoms. The minimum atomic E-state index is -3.52. The molecule has 0 spiro atoms. The van der Waals surface area contributed by atoms with Crippen LogP contribution < -0.4 is 10.5 Å². The van der Waals surface area contributed by atoms with Gasteiger partial charge in [-0.25, -0.2) is 18.1 Å². The lowest BCUT2D eigenvalue weighted by Crippen LogP contribution is -2.41. The van der Waals surface area contributed by atoms with E-state index in [0.717, 1.165) is 0 Å². The summed E-state index contributed by atoms with van der Waals surface area (Å²) in [5.74, 6) is 0.300. The van der Waals surface area contributed by atoms with Gasteiger partial charge in [0.15, 0.2) is 0 Å². The van der Waals surface area contributed by atoms with Crippen LogP contribution in [0.5, 0.6) is 0 Å². The molecule has 3 N–H and O–H groups in total. The molecule has 100 valence electrons. The van der Waals surface area contributed by atoms with Crippen molar-refractivity contribution in [3.8, 4) is 0 Å². The molecule has 2 atom stereocenters. The Kier molecular flexibility index (Phi) is 3.84. The molecule has 1 aliphatic heterocycles. The summed E-state index contributed by atoms with van der Waals surface area (Å²) >= 11 is 0. The first-order valence-electron chi connectivity index (χ1n) is 5.83. The molecule has 0 amide bonds. The van der Waals surface area contributed by atoms with Crippen LogP contribution in [-0.2, 0) is 14.8 Å². The first-order chi connectivity index (χ1) is 8.47. The molecule has 1 aliphatic rings. The Labute approximate surface area is 107 Å². The molecule has 1 aromatic heterocycles. The average Bonchev–Trinajstić information content (AvgIpc) is 2.29. The van der Waals surface area contributed by atoms with Crippen molar-refractivity contribution in [2.75, 3.05) is 12.3 Å². The number of nitrogen functional groups attached to an aromatic ring is 1. The summed E-state index contributed by atoms with van der Waals surface area (Å²) in [7, 11) is -3.52. The van der Waals surface area contributed by atoms with Gasteiger partial charge < -0.3 is 10.5 Å². The number of aromatic nitrogens is 1. The van der Waals surface area contributed by atoms with Gasteiger partial charge >= 0.3 is 0 Å². The Morgan fingerprint density at radius 3 is 2.89 bits per heavy atom. The van der Waals surface area contributed by atoms with Crippen LogP contribution >= 0.6 is 0 Å². The highest BCUT2D eigenvalue weighted by Crippen LogP contribution is 2.16. The number of sulfonamides is 1. The Balaban J connectivity index is 2.09. The van der Waals surface area contributed by atoms with Crippen LogP contribution in [0.1, 0.15) is 19.8 Å². The number of nitrogens with two attached hydrogens (primary N) is 1. The summed E-state index contributed by atoms with van der Waals surface area (Å²) in [5.41, 5.74) is 5.43. The van der Waals surface area contributed by atoms with Gasteiger partial charge in [-0.3, -0.25) is 0 Å². The van der Waals surface area contributed by atoms with E-state index in [-0.39, 0.29) is 17.0 Å². The maximum Gasteiger partial charge on any atom is 0.242 e. The first-order valence-corrected chi connectivity index (χ1v) is 7.31. The van der Waals surface area contributed by atoms with Gasteiger partial charge in [-0.05, 0) is 31.9 Å². The van der Waals surface area contributed by atoms with Crippen molar-refractivity contribution in [2.24, 2.45) is 0 Å². The van der Waals surface area contributed by atoms with Crippen LogP contribution in [0.4, 0.5) is 5.82 Å². The zero-order valence-corrected chi connectivity index (χ0v) is 11.0. The monoisotopic (exact) mass is 271 g/mol. The molecule has 2 unspecified atom stereocenters. The summed E-state index contributed by atoms with van der Waals surface area (Å²) in [4.78, 5) is 3.92. The van der Waals surface area contributed by atoms with E-state index in [4.69, 9.17) is 10.5 Å². The largest absolute Gasteiger partial charge is 0.384 e. The quantitative estimate of drug-likeness (QED) is 0.835. The lowest BCUT2D eigenvalue weighted by Gasteiger charge is -2.27. The number of pyridine rings is 1. The van der Waals surface area contributed by atoms with Gasteiger partial charge in [-0.15, -0.1) is 0 Å². The first kappa shape index (κ1) is 13.3. The SMILES string of the molecule is CC1CC(NS(=O)(=O)c2ccc(N)nc2)CCO1. The van der Waals surface area contributed by atoms with Gasteiger partial charge in [0.2, 0.25) is 10.0 Å². The zero-order valence-electron chi connectivity index (χ0n) is 10.2. The fourth-order valence-corrected chi connectivity index (χ4v) is 3.17. The maximum absolute atomic E-state index is 12.1. The number of nitrogens with one attached hydrogen (secondary N) is 1. The van der Waals surface area contributed by atoms with Gasteiger partial charge in [-0.2, -0.15) is 0 Å². The second-order valence-corrected chi connectivity index (χ2v) is 6.16. The number of rotatable bonds is 3. The molecule has 2 rings (SSSR count). The van der Waals surface area contributed by atoms with E-state index in [1.807, 2.05) is 6.92 Å².